The zero-order chi connectivity index (χ0) is 12.3. The van der Waals surface area contributed by atoms with Crippen molar-refractivity contribution in [3.8, 4) is 0 Å². The first-order valence-corrected chi connectivity index (χ1v) is 5.08. The molecule has 16 heavy (non-hydrogen) atoms. The average Bonchev–Trinajstić information content (AvgIpc) is 2.29. The van der Waals surface area contributed by atoms with E-state index in [1.165, 1.54) is 0 Å². The van der Waals surface area contributed by atoms with Crippen molar-refractivity contribution in [2.24, 2.45) is 0 Å². The van der Waals surface area contributed by atoms with Gasteiger partial charge >= 0.3 is 0 Å². The Labute approximate surface area is 92.9 Å². The molecular weight excluding hydrogens is 220 g/mol. The van der Waals surface area contributed by atoms with Crippen LogP contribution in [-0.2, 0) is 9.47 Å². The molecule has 7 nitrogen and oxygen atoms in total. The lowest BCUT2D eigenvalue weighted by Gasteiger charge is -2.40. The van der Waals surface area contributed by atoms with Gasteiger partial charge in [0.15, 0.2) is 6.29 Å². The highest BCUT2D eigenvalue weighted by Crippen LogP contribution is 2.22. The van der Waals surface area contributed by atoms with Crippen LogP contribution in [0.4, 0.5) is 0 Å². The van der Waals surface area contributed by atoms with E-state index < -0.39 is 43.4 Å². The summed E-state index contributed by atoms with van der Waals surface area (Å²) < 4.78 is 10.2. The molecule has 96 valence electrons. The summed E-state index contributed by atoms with van der Waals surface area (Å²) >= 11 is 0. The van der Waals surface area contributed by atoms with Crippen LogP contribution in [0.15, 0.2) is 0 Å². The molecule has 0 aromatic rings. The Morgan fingerprint density at radius 1 is 1.12 bits per heavy atom. The number of rotatable bonds is 4. The molecule has 0 aliphatic carbocycles. The van der Waals surface area contributed by atoms with Crippen LogP contribution in [0.2, 0.25) is 0 Å². The van der Waals surface area contributed by atoms with Crippen LogP contribution in [0.25, 0.3) is 0 Å². The quantitative estimate of drug-likeness (QED) is 0.358. The monoisotopic (exact) mass is 238 g/mol. The maximum atomic E-state index is 9.54. The molecule has 0 saturated carbocycles. The van der Waals surface area contributed by atoms with E-state index in [1.54, 1.807) is 6.92 Å². The summed E-state index contributed by atoms with van der Waals surface area (Å²) in [5.74, 6) is 0. The van der Waals surface area contributed by atoms with Gasteiger partial charge in [-0.05, 0) is 6.92 Å². The topological polar surface area (TPSA) is 120 Å². The van der Waals surface area contributed by atoms with E-state index in [4.69, 9.17) is 19.7 Å². The number of ether oxygens (including phenoxy) is 2. The highest BCUT2D eigenvalue weighted by molar-refractivity contribution is 4.89. The lowest BCUT2D eigenvalue weighted by Crippen LogP contribution is -2.59. The molecule has 0 amide bonds. The fourth-order valence-corrected chi connectivity index (χ4v) is 1.45. The number of aliphatic hydroxyl groups excluding tert-OH is 5. The number of aliphatic hydroxyl groups is 5. The molecular formula is C9H18O7. The molecule has 5 N–H and O–H groups in total. The van der Waals surface area contributed by atoms with E-state index in [1.807, 2.05) is 0 Å². The smallest absolute Gasteiger partial charge is 0.187 e. The van der Waals surface area contributed by atoms with Crippen molar-refractivity contribution >= 4 is 0 Å². The molecule has 0 aromatic heterocycles. The normalized spacial score (nSPS) is 42.0. The second-order valence-corrected chi connectivity index (χ2v) is 3.83. The van der Waals surface area contributed by atoms with Gasteiger partial charge in [-0.15, -0.1) is 0 Å². The molecule has 1 rings (SSSR count). The Kier molecular flexibility index (Phi) is 5.06. The van der Waals surface area contributed by atoms with Gasteiger partial charge in [0.25, 0.3) is 0 Å². The third kappa shape index (κ3) is 2.89. The SMILES string of the molecule is C[C@H](CO)OC1OC(CO)[C@H](O)[C@H](O)C1O. The molecule has 1 heterocycles. The maximum absolute atomic E-state index is 9.54. The largest absolute Gasteiger partial charge is 0.394 e. The molecule has 0 spiro atoms. The molecule has 3 unspecified atom stereocenters. The van der Waals surface area contributed by atoms with Gasteiger partial charge in [-0.2, -0.15) is 0 Å². The molecule has 1 aliphatic heterocycles. The van der Waals surface area contributed by atoms with Crippen molar-refractivity contribution in [1.29, 1.82) is 0 Å². The Hall–Kier alpha value is -0.280. The zero-order valence-corrected chi connectivity index (χ0v) is 8.93. The predicted octanol–water partition coefficient (Wildman–Crippen LogP) is -2.82. The number of hydrogen-bond donors (Lipinski definition) is 5. The van der Waals surface area contributed by atoms with Gasteiger partial charge in [-0.25, -0.2) is 0 Å². The fraction of sp³-hybridized carbons (Fsp3) is 1.00. The van der Waals surface area contributed by atoms with Crippen molar-refractivity contribution in [2.45, 2.75) is 43.7 Å². The summed E-state index contributed by atoms with van der Waals surface area (Å²) in [7, 11) is 0. The summed E-state index contributed by atoms with van der Waals surface area (Å²) in [5.41, 5.74) is 0. The van der Waals surface area contributed by atoms with Crippen LogP contribution >= 0.6 is 0 Å². The molecule has 0 aromatic carbocycles. The van der Waals surface area contributed by atoms with Crippen molar-refractivity contribution < 1.29 is 35.0 Å². The fourth-order valence-electron chi connectivity index (χ4n) is 1.45. The first kappa shape index (κ1) is 13.8. The predicted molar refractivity (Wildman–Crippen MR) is 51.4 cm³/mol. The minimum Gasteiger partial charge on any atom is -0.394 e. The highest BCUT2D eigenvalue weighted by Gasteiger charge is 2.44. The van der Waals surface area contributed by atoms with Gasteiger partial charge in [0.2, 0.25) is 0 Å². The lowest BCUT2D eigenvalue weighted by molar-refractivity contribution is -0.311. The Bertz CT molecular complexity index is 210. The first-order valence-electron chi connectivity index (χ1n) is 5.08. The van der Waals surface area contributed by atoms with Gasteiger partial charge in [-0.1, -0.05) is 0 Å². The van der Waals surface area contributed by atoms with Crippen molar-refractivity contribution in [3.05, 3.63) is 0 Å². The Morgan fingerprint density at radius 2 is 1.75 bits per heavy atom. The van der Waals surface area contributed by atoms with Crippen molar-refractivity contribution in [2.75, 3.05) is 13.2 Å². The second-order valence-electron chi connectivity index (χ2n) is 3.83. The van der Waals surface area contributed by atoms with Crippen LogP contribution < -0.4 is 0 Å². The molecule has 0 bridgehead atoms. The van der Waals surface area contributed by atoms with Gasteiger partial charge in [-0.3, -0.25) is 0 Å². The van der Waals surface area contributed by atoms with Gasteiger partial charge in [0.1, 0.15) is 24.4 Å². The molecule has 7 heteroatoms. The lowest BCUT2D eigenvalue weighted by atomic mass is 9.99. The van der Waals surface area contributed by atoms with E-state index in [0.29, 0.717) is 0 Å². The minimum absolute atomic E-state index is 0.269. The van der Waals surface area contributed by atoms with E-state index in [-0.39, 0.29) is 6.61 Å². The van der Waals surface area contributed by atoms with Crippen molar-refractivity contribution in [1.82, 2.24) is 0 Å². The van der Waals surface area contributed by atoms with Gasteiger partial charge < -0.3 is 35.0 Å². The number of hydrogen-bond acceptors (Lipinski definition) is 7. The van der Waals surface area contributed by atoms with E-state index in [0.717, 1.165) is 0 Å². The van der Waals surface area contributed by atoms with Crippen LogP contribution in [-0.4, -0.2) is 75.6 Å². The second kappa shape index (κ2) is 5.87. The Balaban J connectivity index is 2.63. The molecule has 0 radical (unpaired) electrons. The molecule has 1 fully saturated rings. The van der Waals surface area contributed by atoms with E-state index in [9.17, 15) is 15.3 Å². The zero-order valence-electron chi connectivity index (χ0n) is 8.93. The van der Waals surface area contributed by atoms with Gasteiger partial charge in [0, 0.05) is 0 Å². The van der Waals surface area contributed by atoms with E-state index in [2.05, 4.69) is 0 Å². The third-order valence-electron chi connectivity index (χ3n) is 2.47. The summed E-state index contributed by atoms with van der Waals surface area (Å²) in [6.07, 6.45) is -7.04. The van der Waals surface area contributed by atoms with Crippen molar-refractivity contribution in [3.63, 3.8) is 0 Å². The maximum Gasteiger partial charge on any atom is 0.187 e. The van der Waals surface area contributed by atoms with E-state index >= 15 is 0 Å². The third-order valence-corrected chi connectivity index (χ3v) is 2.47. The van der Waals surface area contributed by atoms with Gasteiger partial charge in [0.05, 0.1) is 19.3 Å². The summed E-state index contributed by atoms with van der Waals surface area (Å²) in [4.78, 5) is 0. The highest BCUT2D eigenvalue weighted by atomic mass is 16.7. The summed E-state index contributed by atoms with van der Waals surface area (Å²) in [6, 6.07) is 0. The molecule has 6 atom stereocenters. The minimum atomic E-state index is -1.46. The van der Waals surface area contributed by atoms with Crippen LogP contribution in [0.5, 0.6) is 0 Å². The van der Waals surface area contributed by atoms with Crippen LogP contribution in [0.3, 0.4) is 0 Å². The summed E-state index contributed by atoms with van der Waals surface area (Å²) in [6.45, 7) is 0.786. The Morgan fingerprint density at radius 3 is 2.25 bits per heavy atom. The molecule has 1 aliphatic rings. The molecule has 1 saturated heterocycles. The first-order chi connectivity index (χ1) is 7.51. The average molecular weight is 238 g/mol. The summed E-state index contributed by atoms with van der Waals surface area (Å²) in [5, 5.41) is 46.1. The van der Waals surface area contributed by atoms with Crippen LogP contribution in [0.1, 0.15) is 6.92 Å². The standard InChI is InChI=1S/C9H18O7/c1-4(2-10)15-9-8(14)7(13)6(12)5(3-11)16-9/h4-14H,2-3H2,1H3/t4-,5?,6+,7+,8?,9?/m1/s1. The van der Waals surface area contributed by atoms with Crippen LogP contribution in [0, 0.1) is 0 Å².